The summed E-state index contributed by atoms with van der Waals surface area (Å²) in [7, 11) is 0. The highest BCUT2D eigenvalue weighted by Crippen LogP contribution is 2.25. The Balaban J connectivity index is 1.70. The van der Waals surface area contributed by atoms with Gasteiger partial charge in [-0.3, -0.25) is 9.67 Å². The van der Waals surface area contributed by atoms with E-state index in [9.17, 15) is 5.11 Å². The van der Waals surface area contributed by atoms with E-state index in [1.54, 1.807) is 23.3 Å². The van der Waals surface area contributed by atoms with E-state index < -0.39 is 6.10 Å². The Morgan fingerprint density at radius 1 is 1.33 bits per heavy atom. The van der Waals surface area contributed by atoms with E-state index in [-0.39, 0.29) is 6.61 Å². The maximum atomic E-state index is 9.98. The number of aliphatic hydroxyl groups excluding tert-OH is 1. The Morgan fingerprint density at radius 3 is 3.05 bits per heavy atom. The number of hydrogen-bond acceptors (Lipinski definition) is 4. The molecule has 0 spiro atoms. The summed E-state index contributed by atoms with van der Waals surface area (Å²) in [5.74, 6) is 0.666. The van der Waals surface area contributed by atoms with Gasteiger partial charge in [0.1, 0.15) is 24.0 Å². The minimum atomic E-state index is -0.629. The van der Waals surface area contributed by atoms with E-state index in [0.717, 1.165) is 15.4 Å². The van der Waals surface area contributed by atoms with Gasteiger partial charge in [-0.15, -0.1) is 0 Å². The Labute approximate surface area is 130 Å². The average molecular weight is 348 g/mol. The molecule has 0 aliphatic carbocycles. The van der Waals surface area contributed by atoms with Gasteiger partial charge in [0, 0.05) is 28.4 Å². The van der Waals surface area contributed by atoms with E-state index in [2.05, 4.69) is 26.0 Å². The van der Waals surface area contributed by atoms with Crippen LogP contribution in [-0.4, -0.2) is 32.6 Å². The molecule has 0 fully saturated rings. The third-order valence-corrected chi connectivity index (χ3v) is 3.46. The van der Waals surface area contributed by atoms with Crippen LogP contribution < -0.4 is 4.74 Å². The molecular weight excluding hydrogens is 334 g/mol. The van der Waals surface area contributed by atoms with Crippen LogP contribution >= 0.6 is 15.9 Å². The van der Waals surface area contributed by atoms with E-state index in [0.29, 0.717) is 12.3 Å². The number of aromatic nitrogens is 3. The van der Waals surface area contributed by atoms with Crippen molar-refractivity contribution in [3.8, 4) is 5.75 Å². The molecule has 5 nitrogen and oxygen atoms in total. The molecule has 1 atom stereocenters. The number of aliphatic hydroxyl groups is 1. The number of halogens is 1. The second-order valence-corrected chi connectivity index (χ2v) is 5.59. The van der Waals surface area contributed by atoms with Gasteiger partial charge < -0.3 is 9.84 Å². The number of fused-ring (bicyclic) bond motifs is 1. The summed E-state index contributed by atoms with van der Waals surface area (Å²) in [6.07, 6.45) is 4.59. The normalized spacial score (nSPS) is 12.5. The maximum absolute atomic E-state index is 9.98. The van der Waals surface area contributed by atoms with Crippen molar-refractivity contribution in [2.24, 2.45) is 0 Å². The van der Waals surface area contributed by atoms with Gasteiger partial charge in [0.25, 0.3) is 0 Å². The highest BCUT2D eigenvalue weighted by Gasteiger charge is 2.09. The van der Waals surface area contributed by atoms with Crippen molar-refractivity contribution < 1.29 is 9.84 Å². The zero-order chi connectivity index (χ0) is 14.7. The van der Waals surface area contributed by atoms with Crippen LogP contribution in [0.5, 0.6) is 5.75 Å². The summed E-state index contributed by atoms with van der Waals surface area (Å²) in [4.78, 5) is 4.36. The largest absolute Gasteiger partial charge is 0.489 e. The van der Waals surface area contributed by atoms with Crippen molar-refractivity contribution in [1.82, 2.24) is 14.8 Å². The Hall–Kier alpha value is -1.92. The first-order valence-corrected chi connectivity index (χ1v) is 7.34. The first-order chi connectivity index (χ1) is 10.2. The third-order valence-electron chi connectivity index (χ3n) is 3.03. The van der Waals surface area contributed by atoms with Gasteiger partial charge in [0.2, 0.25) is 0 Å². The molecule has 0 aliphatic rings. The minimum Gasteiger partial charge on any atom is -0.489 e. The van der Waals surface area contributed by atoms with Crippen LogP contribution in [0.3, 0.4) is 0 Å². The van der Waals surface area contributed by atoms with Gasteiger partial charge in [0.15, 0.2) is 0 Å². The molecule has 0 saturated carbocycles. The standard InChI is InChI=1S/C15H14BrN3O2/c16-12-7-11-3-1-4-14(15(11)17-8-12)21-10-13(20)9-19-6-2-5-18-19/h1-8,13,20H,9-10H2. The first kappa shape index (κ1) is 14.0. The van der Waals surface area contributed by atoms with E-state index in [1.165, 1.54) is 0 Å². The number of hydrogen-bond donors (Lipinski definition) is 1. The van der Waals surface area contributed by atoms with Crippen molar-refractivity contribution in [2.45, 2.75) is 12.6 Å². The van der Waals surface area contributed by atoms with Crippen LogP contribution in [0, 0.1) is 0 Å². The zero-order valence-corrected chi connectivity index (χ0v) is 12.8. The molecule has 21 heavy (non-hydrogen) atoms. The second-order valence-electron chi connectivity index (χ2n) is 4.67. The Bertz CT molecular complexity index is 731. The smallest absolute Gasteiger partial charge is 0.145 e. The fourth-order valence-corrected chi connectivity index (χ4v) is 2.43. The van der Waals surface area contributed by atoms with Crippen molar-refractivity contribution in [2.75, 3.05) is 6.61 Å². The summed E-state index contributed by atoms with van der Waals surface area (Å²) in [6.45, 7) is 0.591. The molecule has 3 rings (SSSR count). The molecule has 1 aromatic carbocycles. The van der Waals surface area contributed by atoms with E-state index >= 15 is 0 Å². The molecule has 0 radical (unpaired) electrons. The topological polar surface area (TPSA) is 60.2 Å². The molecule has 1 N–H and O–H groups in total. The van der Waals surface area contributed by atoms with Crippen molar-refractivity contribution in [3.63, 3.8) is 0 Å². The van der Waals surface area contributed by atoms with Crippen LogP contribution in [-0.2, 0) is 6.54 Å². The van der Waals surface area contributed by atoms with Crippen LogP contribution in [0.25, 0.3) is 10.9 Å². The molecule has 1 unspecified atom stereocenters. The van der Waals surface area contributed by atoms with Gasteiger partial charge in [0.05, 0.1) is 6.54 Å². The maximum Gasteiger partial charge on any atom is 0.145 e. The van der Waals surface area contributed by atoms with Crippen molar-refractivity contribution in [3.05, 3.63) is 53.4 Å². The number of ether oxygens (including phenoxy) is 1. The third kappa shape index (κ3) is 3.40. The fraction of sp³-hybridized carbons (Fsp3) is 0.200. The SMILES string of the molecule is OC(COc1cccc2cc(Br)cnc12)Cn1cccn1. The van der Waals surface area contributed by atoms with Gasteiger partial charge in [-0.1, -0.05) is 12.1 Å². The minimum absolute atomic E-state index is 0.191. The highest BCUT2D eigenvalue weighted by atomic mass is 79.9. The molecule has 0 amide bonds. The predicted molar refractivity (Wildman–Crippen MR) is 83.2 cm³/mol. The summed E-state index contributed by atoms with van der Waals surface area (Å²) in [5.41, 5.74) is 0.784. The Morgan fingerprint density at radius 2 is 2.24 bits per heavy atom. The Kier molecular flexibility index (Phi) is 4.17. The molecular formula is C15H14BrN3O2. The van der Waals surface area contributed by atoms with E-state index in [1.807, 2.05) is 30.3 Å². The predicted octanol–water partition coefficient (Wildman–Crippen LogP) is 2.63. The molecule has 0 aliphatic heterocycles. The lowest BCUT2D eigenvalue weighted by atomic mass is 10.2. The van der Waals surface area contributed by atoms with Crippen molar-refractivity contribution in [1.29, 1.82) is 0 Å². The summed E-state index contributed by atoms with van der Waals surface area (Å²) < 4.78 is 8.30. The fourth-order valence-electron chi connectivity index (χ4n) is 2.09. The molecule has 0 bridgehead atoms. The number of rotatable bonds is 5. The van der Waals surface area contributed by atoms with Crippen LogP contribution in [0.15, 0.2) is 53.4 Å². The quantitative estimate of drug-likeness (QED) is 0.770. The van der Waals surface area contributed by atoms with Gasteiger partial charge in [-0.25, -0.2) is 0 Å². The zero-order valence-electron chi connectivity index (χ0n) is 11.2. The summed E-state index contributed by atoms with van der Waals surface area (Å²) in [6, 6.07) is 9.53. The molecule has 3 aromatic rings. The first-order valence-electron chi connectivity index (χ1n) is 6.55. The number of benzene rings is 1. The van der Waals surface area contributed by atoms with Gasteiger partial charge in [-0.2, -0.15) is 5.10 Å². The lowest BCUT2D eigenvalue weighted by Gasteiger charge is -2.13. The molecule has 0 saturated heterocycles. The number of nitrogens with zero attached hydrogens (tertiary/aromatic N) is 3. The van der Waals surface area contributed by atoms with Crippen LogP contribution in [0.2, 0.25) is 0 Å². The van der Waals surface area contributed by atoms with Crippen molar-refractivity contribution >= 4 is 26.8 Å². The van der Waals surface area contributed by atoms with Crippen LogP contribution in [0.1, 0.15) is 0 Å². The van der Waals surface area contributed by atoms with Crippen LogP contribution in [0.4, 0.5) is 0 Å². The second kappa shape index (κ2) is 6.24. The number of para-hydroxylation sites is 1. The molecule has 2 aromatic heterocycles. The molecule has 6 heteroatoms. The van der Waals surface area contributed by atoms with Gasteiger partial charge >= 0.3 is 0 Å². The number of pyridine rings is 1. The summed E-state index contributed by atoms with van der Waals surface area (Å²) >= 11 is 3.40. The lowest BCUT2D eigenvalue weighted by molar-refractivity contribution is 0.0900. The monoisotopic (exact) mass is 347 g/mol. The average Bonchev–Trinajstić information content (AvgIpc) is 2.97. The lowest BCUT2D eigenvalue weighted by Crippen LogP contribution is -2.23. The molecule has 2 heterocycles. The van der Waals surface area contributed by atoms with E-state index in [4.69, 9.17) is 4.74 Å². The summed E-state index contributed by atoms with van der Waals surface area (Å²) in [5, 5.41) is 15.0. The van der Waals surface area contributed by atoms with Gasteiger partial charge in [-0.05, 0) is 34.1 Å². The molecule has 108 valence electrons. The highest BCUT2D eigenvalue weighted by molar-refractivity contribution is 9.10.